The maximum absolute atomic E-state index is 12.2. The number of rotatable bonds is 4. The molecule has 0 aliphatic carbocycles. The minimum Gasteiger partial charge on any atom is -0.465 e. The number of urea groups is 1. The van der Waals surface area contributed by atoms with Crippen molar-refractivity contribution in [3.63, 3.8) is 0 Å². The van der Waals surface area contributed by atoms with Gasteiger partial charge in [0, 0.05) is 0 Å². The van der Waals surface area contributed by atoms with Gasteiger partial charge in [-0.1, -0.05) is 0 Å². The van der Waals surface area contributed by atoms with Gasteiger partial charge in [0.25, 0.3) is 5.91 Å². The summed E-state index contributed by atoms with van der Waals surface area (Å²) in [5, 5.41) is 0. The van der Waals surface area contributed by atoms with Crippen LogP contribution in [-0.4, -0.2) is 37.0 Å². The number of hydrogen-bond donors (Lipinski definition) is 3. The molecular weight excluding hydrogens is 292 g/mol. The second-order valence-corrected chi connectivity index (χ2v) is 4.50. The van der Waals surface area contributed by atoms with Crippen LogP contribution in [0.5, 0.6) is 0 Å². The number of hydrazine groups is 1. The van der Waals surface area contributed by atoms with Crippen molar-refractivity contribution < 1.29 is 23.9 Å². The Bertz CT molecular complexity index is 628. The molecule has 1 aromatic rings. The van der Waals surface area contributed by atoms with Crippen LogP contribution >= 0.6 is 0 Å². The first-order chi connectivity index (χ1) is 10.4. The van der Waals surface area contributed by atoms with Crippen LogP contribution in [0.1, 0.15) is 16.8 Å². The topological polar surface area (TPSA) is 131 Å². The molecule has 116 valence electrons. The molecule has 2 rings (SSSR count). The van der Waals surface area contributed by atoms with Crippen molar-refractivity contribution >= 4 is 29.5 Å². The Morgan fingerprint density at radius 1 is 1.27 bits per heavy atom. The van der Waals surface area contributed by atoms with E-state index in [4.69, 9.17) is 5.73 Å². The number of imide groups is 1. The third-order valence-corrected chi connectivity index (χ3v) is 3.06. The molecule has 1 heterocycles. The zero-order valence-electron chi connectivity index (χ0n) is 11.7. The van der Waals surface area contributed by atoms with Crippen molar-refractivity contribution in [1.29, 1.82) is 0 Å². The minimum atomic E-state index is -0.889. The Kier molecular flexibility index (Phi) is 4.37. The van der Waals surface area contributed by atoms with Crippen molar-refractivity contribution in [2.75, 3.05) is 12.0 Å². The maximum Gasteiger partial charge on any atom is 0.337 e. The van der Waals surface area contributed by atoms with E-state index < -0.39 is 29.9 Å². The average Bonchev–Trinajstić information content (AvgIpc) is 2.79. The van der Waals surface area contributed by atoms with Crippen LogP contribution in [0, 0.1) is 0 Å². The zero-order chi connectivity index (χ0) is 16.3. The lowest BCUT2D eigenvalue weighted by molar-refractivity contribution is -0.121. The predicted octanol–water partition coefficient (Wildman–Crippen LogP) is -0.722. The molecule has 0 saturated carbocycles. The summed E-state index contributed by atoms with van der Waals surface area (Å²) in [7, 11) is 1.26. The fourth-order valence-corrected chi connectivity index (χ4v) is 2.04. The summed E-state index contributed by atoms with van der Waals surface area (Å²) >= 11 is 0. The van der Waals surface area contributed by atoms with Crippen molar-refractivity contribution in [1.82, 2.24) is 10.9 Å². The lowest BCUT2D eigenvalue weighted by Crippen LogP contribution is -2.50. The van der Waals surface area contributed by atoms with Gasteiger partial charge >= 0.3 is 12.0 Å². The highest BCUT2D eigenvalue weighted by Crippen LogP contribution is 2.23. The first kappa shape index (κ1) is 15.4. The number of carbonyl (C=O) groups excluding carboxylic acids is 4. The summed E-state index contributed by atoms with van der Waals surface area (Å²) in [5.41, 5.74) is 9.97. The molecule has 1 aliphatic heterocycles. The molecule has 0 bridgehead atoms. The van der Waals surface area contributed by atoms with Gasteiger partial charge in [-0.05, 0) is 24.3 Å². The van der Waals surface area contributed by atoms with Gasteiger partial charge in [0.1, 0.15) is 6.04 Å². The number of methoxy groups -OCH3 is 1. The van der Waals surface area contributed by atoms with E-state index in [1.165, 1.54) is 31.4 Å². The number of amides is 4. The molecule has 0 radical (unpaired) electrons. The van der Waals surface area contributed by atoms with Crippen LogP contribution in [0.3, 0.4) is 0 Å². The van der Waals surface area contributed by atoms with Gasteiger partial charge in [-0.3, -0.25) is 15.0 Å². The van der Waals surface area contributed by atoms with E-state index in [9.17, 15) is 19.2 Å². The van der Waals surface area contributed by atoms with Crippen molar-refractivity contribution in [3.8, 4) is 0 Å². The molecule has 0 spiro atoms. The summed E-state index contributed by atoms with van der Waals surface area (Å²) in [5.74, 6) is -1.47. The summed E-state index contributed by atoms with van der Waals surface area (Å²) < 4.78 is 4.57. The quantitative estimate of drug-likeness (QED) is 0.382. The largest absolute Gasteiger partial charge is 0.465 e. The number of benzene rings is 1. The highest BCUT2D eigenvalue weighted by molar-refractivity contribution is 6.22. The van der Waals surface area contributed by atoms with E-state index in [1.54, 1.807) is 0 Å². The van der Waals surface area contributed by atoms with E-state index in [2.05, 4.69) is 15.6 Å². The van der Waals surface area contributed by atoms with E-state index in [1.807, 2.05) is 0 Å². The Hall–Kier alpha value is -2.94. The molecule has 4 amide bonds. The van der Waals surface area contributed by atoms with Gasteiger partial charge in [-0.15, -0.1) is 0 Å². The zero-order valence-corrected chi connectivity index (χ0v) is 11.7. The number of esters is 1. The van der Waals surface area contributed by atoms with E-state index >= 15 is 0 Å². The van der Waals surface area contributed by atoms with Gasteiger partial charge in [-0.25, -0.2) is 19.9 Å². The van der Waals surface area contributed by atoms with Crippen molar-refractivity contribution in [2.45, 2.75) is 12.5 Å². The summed E-state index contributed by atoms with van der Waals surface area (Å²) in [4.78, 5) is 47.0. The number of ether oxygens (including phenoxy) is 1. The number of primary amides is 1. The van der Waals surface area contributed by atoms with Gasteiger partial charge < -0.3 is 10.5 Å². The Morgan fingerprint density at radius 3 is 2.45 bits per heavy atom. The summed E-state index contributed by atoms with van der Waals surface area (Å²) in [6.45, 7) is 0. The average molecular weight is 306 g/mol. The van der Waals surface area contributed by atoms with Gasteiger partial charge in [0.05, 0.1) is 24.8 Å². The van der Waals surface area contributed by atoms with Crippen LogP contribution in [-0.2, 0) is 14.3 Å². The molecule has 1 aromatic carbocycles. The van der Waals surface area contributed by atoms with Crippen LogP contribution < -0.4 is 21.5 Å². The monoisotopic (exact) mass is 306 g/mol. The number of carbonyl (C=O) groups is 4. The Balaban J connectivity index is 2.14. The number of nitrogens with zero attached hydrogens (tertiary/aromatic N) is 1. The normalized spacial score (nSPS) is 17.5. The molecule has 9 heteroatoms. The van der Waals surface area contributed by atoms with Gasteiger partial charge in [-0.2, -0.15) is 0 Å². The molecule has 9 nitrogen and oxygen atoms in total. The number of nitrogens with one attached hydrogen (secondary N) is 2. The Labute approximate surface area is 125 Å². The molecule has 1 fully saturated rings. The van der Waals surface area contributed by atoms with E-state index in [0.29, 0.717) is 11.3 Å². The van der Waals surface area contributed by atoms with Gasteiger partial charge in [0.15, 0.2) is 0 Å². The summed E-state index contributed by atoms with van der Waals surface area (Å²) in [6, 6.07) is 4.08. The molecule has 1 saturated heterocycles. The molecule has 4 N–H and O–H groups in total. The number of anilines is 1. The molecule has 22 heavy (non-hydrogen) atoms. The molecule has 0 aromatic heterocycles. The van der Waals surface area contributed by atoms with Crippen LogP contribution in [0.25, 0.3) is 0 Å². The third kappa shape index (κ3) is 3.04. The Morgan fingerprint density at radius 2 is 1.91 bits per heavy atom. The molecule has 1 aliphatic rings. The number of nitrogens with two attached hydrogens (primary N) is 1. The van der Waals surface area contributed by atoms with E-state index in [0.717, 1.165) is 4.90 Å². The highest BCUT2D eigenvalue weighted by Gasteiger charge is 2.39. The SMILES string of the molecule is COC(=O)c1ccc(N2C(=O)C[C@@H](NNC(N)=O)C2=O)cc1. The van der Waals surface area contributed by atoms with Gasteiger partial charge in [0.2, 0.25) is 5.91 Å². The lowest BCUT2D eigenvalue weighted by Gasteiger charge is -2.15. The lowest BCUT2D eigenvalue weighted by atomic mass is 10.2. The second kappa shape index (κ2) is 6.22. The molecular formula is C13H14N4O5. The van der Waals surface area contributed by atoms with E-state index in [-0.39, 0.29) is 6.42 Å². The van der Waals surface area contributed by atoms with Crippen molar-refractivity contribution in [3.05, 3.63) is 29.8 Å². The minimum absolute atomic E-state index is 0.113. The molecule has 1 atom stereocenters. The second-order valence-electron chi connectivity index (χ2n) is 4.50. The number of hydrogen-bond acceptors (Lipinski definition) is 6. The highest BCUT2D eigenvalue weighted by atomic mass is 16.5. The van der Waals surface area contributed by atoms with Crippen molar-refractivity contribution in [2.24, 2.45) is 5.73 Å². The van der Waals surface area contributed by atoms with Crippen LogP contribution in [0.4, 0.5) is 10.5 Å². The van der Waals surface area contributed by atoms with Crippen LogP contribution in [0.15, 0.2) is 24.3 Å². The third-order valence-electron chi connectivity index (χ3n) is 3.06. The fourth-order valence-electron chi connectivity index (χ4n) is 2.04. The first-order valence-corrected chi connectivity index (χ1v) is 6.30. The smallest absolute Gasteiger partial charge is 0.337 e. The maximum atomic E-state index is 12.2. The first-order valence-electron chi connectivity index (χ1n) is 6.30. The predicted molar refractivity (Wildman–Crippen MR) is 74.5 cm³/mol. The summed E-state index contributed by atoms with van der Waals surface area (Å²) in [6.07, 6.45) is -0.113. The fraction of sp³-hybridized carbons (Fsp3) is 0.231. The molecule has 0 unspecified atom stereocenters. The van der Waals surface area contributed by atoms with Crippen LogP contribution in [0.2, 0.25) is 0 Å². The standard InChI is InChI=1S/C13H14N4O5/c1-22-12(20)7-2-4-8(5-3-7)17-10(18)6-9(11(17)19)15-16-13(14)21/h2-5,9,15H,6H2,1H3,(H3,14,16,21)/t9-/m1/s1.